The van der Waals surface area contributed by atoms with Crippen LogP contribution in [0.4, 0.5) is 0 Å². The molecule has 1 unspecified atom stereocenters. The van der Waals surface area contributed by atoms with Gasteiger partial charge in [0.2, 0.25) is 0 Å². The monoisotopic (exact) mass is 223 g/mol. The first-order chi connectivity index (χ1) is 7.88. The third-order valence-corrected chi connectivity index (χ3v) is 3.29. The van der Waals surface area contributed by atoms with E-state index in [9.17, 15) is 0 Å². The third-order valence-electron chi connectivity index (χ3n) is 3.29. The predicted octanol–water partition coefficient (Wildman–Crippen LogP) is 1.28. The van der Waals surface area contributed by atoms with Gasteiger partial charge in [-0.15, -0.1) is 5.92 Å². The molecule has 0 saturated carbocycles. The van der Waals surface area contributed by atoms with Crippen molar-refractivity contribution >= 4 is 0 Å². The molecule has 2 aliphatic rings. The quantitative estimate of drug-likeness (QED) is 0.673. The van der Waals surface area contributed by atoms with Gasteiger partial charge in [-0.25, -0.2) is 0 Å². The zero-order chi connectivity index (χ0) is 11.2. The van der Waals surface area contributed by atoms with Gasteiger partial charge in [-0.2, -0.15) is 0 Å². The van der Waals surface area contributed by atoms with Crippen LogP contribution in [0.1, 0.15) is 26.2 Å². The molecule has 0 aromatic heterocycles. The normalized spacial score (nSPS) is 27.7. The van der Waals surface area contributed by atoms with Crippen LogP contribution in [-0.4, -0.2) is 50.0 Å². The maximum Gasteiger partial charge on any atom is 0.0834 e. The van der Waals surface area contributed by atoms with Crippen LogP contribution in [0.2, 0.25) is 0 Å². The second kappa shape index (κ2) is 6.24. The summed E-state index contributed by atoms with van der Waals surface area (Å²) in [6.07, 6.45) is 4.15. The summed E-state index contributed by atoms with van der Waals surface area (Å²) < 4.78 is 11.3. The molecule has 0 aliphatic carbocycles. The molecule has 3 heteroatoms. The molecule has 0 aromatic rings. The van der Waals surface area contributed by atoms with Crippen molar-refractivity contribution in [2.75, 3.05) is 32.8 Å². The Hall–Kier alpha value is -0.560. The summed E-state index contributed by atoms with van der Waals surface area (Å²) in [5, 5.41) is 0. The largest absolute Gasteiger partial charge is 0.379 e. The van der Waals surface area contributed by atoms with E-state index in [0.29, 0.717) is 12.2 Å². The highest BCUT2D eigenvalue weighted by Gasteiger charge is 2.24. The molecular formula is C13H21NO2. The van der Waals surface area contributed by atoms with E-state index >= 15 is 0 Å². The molecule has 2 rings (SSSR count). The Labute approximate surface area is 98.1 Å². The summed E-state index contributed by atoms with van der Waals surface area (Å²) in [6.45, 7) is 6.71. The van der Waals surface area contributed by atoms with Crippen LogP contribution >= 0.6 is 0 Å². The fourth-order valence-corrected chi connectivity index (χ4v) is 2.29. The van der Waals surface area contributed by atoms with Gasteiger partial charge in [-0.1, -0.05) is 5.92 Å². The van der Waals surface area contributed by atoms with Gasteiger partial charge in [0.15, 0.2) is 0 Å². The number of hydrogen-bond acceptors (Lipinski definition) is 3. The van der Waals surface area contributed by atoms with Crippen molar-refractivity contribution in [1.82, 2.24) is 4.90 Å². The number of likely N-dealkylation sites (tertiary alicyclic amines) is 1. The van der Waals surface area contributed by atoms with E-state index in [1.165, 1.54) is 0 Å². The Kier molecular flexibility index (Phi) is 4.65. The molecule has 2 saturated heterocycles. The van der Waals surface area contributed by atoms with Crippen LogP contribution in [0.25, 0.3) is 0 Å². The van der Waals surface area contributed by atoms with Crippen molar-refractivity contribution in [3.8, 4) is 11.8 Å². The van der Waals surface area contributed by atoms with Crippen molar-refractivity contribution in [2.24, 2.45) is 0 Å². The zero-order valence-electron chi connectivity index (χ0n) is 10.1. The van der Waals surface area contributed by atoms with Crippen LogP contribution in [0.5, 0.6) is 0 Å². The Morgan fingerprint density at radius 1 is 1.25 bits per heavy atom. The molecule has 0 bridgehead atoms. The van der Waals surface area contributed by atoms with Crippen LogP contribution in [0.3, 0.4) is 0 Å². The van der Waals surface area contributed by atoms with Gasteiger partial charge >= 0.3 is 0 Å². The van der Waals surface area contributed by atoms with E-state index in [2.05, 4.69) is 16.7 Å². The van der Waals surface area contributed by atoms with Crippen molar-refractivity contribution in [3.05, 3.63) is 0 Å². The molecule has 2 heterocycles. The van der Waals surface area contributed by atoms with E-state index < -0.39 is 0 Å². The topological polar surface area (TPSA) is 21.7 Å². The van der Waals surface area contributed by atoms with Gasteiger partial charge in [-0.3, -0.25) is 4.90 Å². The number of nitrogens with zero attached hydrogens (tertiary/aromatic N) is 1. The lowest BCUT2D eigenvalue weighted by molar-refractivity contribution is -0.0424. The number of rotatable bonds is 3. The lowest BCUT2D eigenvalue weighted by Crippen LogP contribution is -2.38. The first-order valence-electron chi connectivity index (χ1n) is 6.23. The van der Waals surface area contributed by atoms with Crippen molar-refractivity contribution in [1.29, 1.82) is 0 Å². The second-order valence-corrected chi connectivity index (χ2v) is 4.52. The smallest absolute Gasteiger partial charge is 0.0834 e. The molecule has 0 radical (unpaired) electrons. The fraction of sp³-hybridized carbons (Fsp3) is 0.846. The molecular weight excluding hydrogens is 202 g/mol. The first-order valence-corrected chi connectivity index (χ1v) is 6.23. The fourth-order valence-electron chi connectivity index (χ4n) is 2.29. The molecule has 0 N–H and O–H groups in total. The SMILES string of the molecule is CC#CCN1CCC(OC2CCOC2)CC1. The van der Waals surface area contributed by atoms with Crippen LogP contribution in [-0.2, 0) is 9.47 Å². The van der Waals surface area contributed by atoms with Crippen molar-refractivity contribution in [2.45, 2.75) is 38.4 Å². The van der Waals surface area contributed by atoms with E-state index in [1.807, 2.05) is 6.92 Å². The van der Waals surface area contributed by atoms with Crippen LogP contribution in [0, 0.1) is 11.8 Å². The minimum absolute atomic E-state index is 0.354. The lowest BCUT2D eigenvalue weighted by atomic mass is 10.1. The average Bonchev–Trinajstić information content (AvgIpc) is 2.81. The molecule has 90 valence electrons. The minimum atomic E-state index is 0.354. The van der Waals surface area contributed by atoms with Gasteiger partial charge in [0.05, 0.1) is 25.4 Å². The number of piperidine rings is 1. The first kappa shape index (κ1) is 11.9. The minimum Gasteiger partial charge on any atom is -0.379 e. The maximum atomic E-state index is 6.02. The van der Waals surface area contributed by atoms with Gasteiger partial charge in [0.1, 0.15) is 0 Å². The molecule has 1 atom stereocenters. The van der Waals surface area contributed by atoms with Crippen molar-refractivity contribution < 1.29 is 9.47 Å². The summed E-state index contributed by atoms with van der Waals surface area (Å²) in [5.41, 5.74) is 0. The van der Waals surface area contributed by atoms with E-state index in [-0.39, 0.29) is 0 Å². The third kappa shape index (κ3) is 3.48. The van der Waals surface area contributed by atoms with Crippen LogP contribution < -0.4 is 0 Å². The van der Waals surface area contributed by atoms with Gasteiger partial charge in [-0.05, 0) is 26.2 Å². The Bertz CT molecular complexity index is 255. The highest BCUT2D eigenvalue weighted by molar-refractivity contribution is 4.98. The summed E-state index contributed by atoms with van der Waals surface area (Å²) in [5.74, 6) is 6.07. The Balaban J connectivity index is 1.65. The summed E-state index contributed by atoms with van der Waals surface area (Å²) in [6, 6.07) is 0. The van der Waals surface area contributed by atoms with Crippen LogP contribution in [0.15, 0.2) is 0 Å². The molecule has 2 aliphatic heterocycles. The summed E-state index contributed by atoms with van der Waals surface area (Å²) in [7, 11) is 0. The lowest BCUT2D eigenvalue weighted by Gasteiger charge is -2.31. The van der Waals surface area contributed by atoms with E-state index in [1.54, 1.807) is 0 Å². The molecule has 0 amide bonds. The average molecular weight is 223 g/mol. The number of ether oxygens (including phenoxy) is 2. The molecule has 3 nitrogen and oxygen atoms in total. The van der Waals surface area contributed by atoms with Crippen molar-refractivity contribution in [3.63, 3.8) is 0 Å². The number of hydrogen-bond donors (Lipinski definition) is 0. The molecule has 2 fully saturated rings. The highest BCUT2D eigenvalue weighted by atomic mass is 16.5. The van der Waals surface area contributed by atoms with Gasteiger partial charge < -0.3 is 9.47 Å². The summed E-state index contributed by atoms with van der Waals surface area (Å²) in [4.78, 5) is 2.40. The Morgan fingerprint density at radius 3 is 2.69 bits per heavy atom. The predicted molar refractivity (Wildman–Crippen MR) is 63.2 cm³/mol. The highest BCUT2D eigenvalue weighted by Crippen LogP contribution is 2.18. The summed E-state index contributed by atoms with van der Waals surface area (Å²) >= 11 is 0. The zero-order valence-corrected chi connectivity index (χ0v) is 10.1. The van der Waals surface area contributed by atoms with Gasteiger partial charge in [0.25, 0.3) is 0 Å². The molecule has 0 aromatic carbocycles. The van der Waals surface area contributed by atoms with E-state index in [4.69, 9.17) is 9.47 Å². The Morgan fingerprint density at radius 2 is 2.06 bits per heavy atom. The maximum absolute atomic E-state index is 6.02. The molecule has 16 heavy (non-hydrogen) atoms. The van der Waals surface area contributed by atoms with E-state index in [0.717, 1.165) is 52.1 Å². The standard InChI is InChI=1S/C13H21NO2/c1-2-3-7-14-8-4-12(5-9-14)16-13-6-10-15-11-13/h12-13H,4-11H2,1H3. The molecule has 0 spiro atoms. The van der Waals surface area contributed by atoms with Gasteiger partial charge in [0, 0.05) is 19.7 Å². The second-order valence-electron chi connectivity index (χ2n) is 4.52.